The van der Waals surface area contributed by atoms with Gasteiger partial charge in [-0.05, 0) is 43.4 Å². The Morgan fingerprint density at radius 1 is 1.17 bits per heavy atom. The van der Waals surface area contributed by atoms with E-state index in [0.29, 0.717) is 5.56 Å². The zero-order valence-corrected chi connectivity index (χ0v) is 13.9. The number of para-hydroxylation sites is 1. The van der Waals surface area contributed by atoms with Crippen LogP contribution in [0.5, 0.6) is 0 Å². The molecule has 0 N–H and O–H groups in total. The highest BCUT2D eigenvalue weighted by molar-refractivity contribution is 7.10. The third-order valence-electron chi connectivity index (χ3n) is 4.13. The summed E-state index contributed by atoms with van der Waals surface area (Å²) in [4.78, 5) is 27.2. The van der Waals surface area contributed by atoms with Gasteiger partial charge in [0.25, 0.3) is 5.91 Å². The molecule has 120 valence electrons. The number of amides is 1. The summed E-state index contributed by atoms with van der Waals surface area (Å²) in [7, 11) is 1.68. The maximum Gasteiger partial charge on any atom is 0.339 e. The molecule has 1 amide bonds. The number of esters is 1. The molecule has 0 bridgehead atoms. The Hall–Kier alpha value is -2.14. The highest BCUT2D eigenvalue weighted by Gasteiger charge is 2.22. The van der Waals surface area contributed by atoms with Crippen molar-refractivity contribution in [2.24, 2.45) is 0 Å². The average molecular weight is 329 g/mol. The van der Waals surface area contributed by atoms with Crippen LogP contribution in [0.15, 0.2) is 35.7 Å². The molecule has 2 aromatic rings. The first kappa shape index (κ1) is 15.7. The van der Waals surface area contributed by atoms with Crippen LogP contribution in [0.25, 0.3) is 0 Å². The number of hydrogen-bond acceptors (Lipinski definition) is 4. The largest absolute Gasteiger partial charge is 0.452 e. The molecule has 0 saturated carbocycles. The summed E-state index contributed by atoms with van der Waals surface area (Å²) in [6.45, 7) is -0.241. The lowest BCUT2D eigenvalue weighted by atomic mass is 9.96. The van der Waals surface area contributed by atoms with Crippen molar-refractivity contribution in [3.63, 3.8) is 0 Å². The van der Waals surface area contributed by atoms with E-state index < -0.39 is 0 Å². The topological polar surface area (TPSA) is 46.6 Å². The van der Waals surface area contributed by atoms with Gasteiger partial charge in [-0.3, -0.25) is 4.79 Å². The minimum Gasteiger partial charge on any atom is -0.452 e. The predicted octanol–water partition coefficient (Wildman–Crippen LogP) is 3.45. The van der Waals surface area contributed by atoms with Gasteiger partial charge in [0.2, 0.25) is 0 Å². The van der Waals surface area contributed by atoms with Crippen molar-refractivity contribution in [2.75, 3.05) is 18.6 Å². The van der Waals surface area contributed by atoms with Gasteiger partial charge in [-0.1, -0.05) is 18.2 Å². The van der Waals surface area contributed by atoms with Gasteiger partial charge in [0, 0.05) is 23.0 Å². The summed E-state index contributed by atoms with van der Waals surface area (Å²) in [5, 5.41) is 1.86. The molecule has 1 aliphatic carbocycles. The smallest absolute Gasteiger partial charge is 0.339 e. The maximum atomic E-state index is 12.3. The number of rotatable bonds is 4. The van der Waals surface area contributed by atoms with E-state index in [2.05, 4.69) is 0 Å². The molecule has 0 spiro atoms. The first-order valence-electron chi connectivity index (χ1n) is 7.75. The molecule has 23 heavy (non-hydrogen) atoms. The van der Waals surface area contributed by atoms with E-state index in [0.717, 1.165) is 30.5 Å². The SMILES string of the molecule is CN(C(=O)COC(=O)c1csc2c1CCCC2)c1ccccc1. The monoisotopic (exact) mass is 329 g/mol. The highest BCUT2D eigenvalue weighted by Crippen LogP contribution is 2.30. The Morgan fingerprint density at radius 3 is 2.70 bits per heavy atom. The number of carbonyl (C=O) groups is 2. The summed E-state index contributed by atoms with van der Waals surface area (Å²) in [5.74, 6) is -0.632. The van der Waals surface area contributed by atoms with Gasteiger partial charge >= 0.3 is 5.97 Å². The van der Waals surface area contributed by atoms with Crippen LogP contribution in [0.1, 0.15) is 33.6 Å². The van der Waals surface area contributed by atoms with Gasteiger partial charge in [0.05, 0.1) is 5.56 Å². The zero-order valence-electron chi connectivity index (χ0n) is 13.1. The Morgan fingerprint density at radius 2 is 1.91 bits per heavy atom. The summed E-state index contributed by atoms with van der Waals surface area (Å²) in [6.07, 6.45) is 4.27. The van der Waals surface area contributed by atoms with Crippen molar-refractivity contribution in [1.82, 2.24) is 0 Å². The van der Waals surface area contributed by atoms with E-state index in [1.54, 1.807) is 18.4 Å². The predicted molar refractivity (Wildman–Crippen MR) is 91.1 cm³/mol. The Bertz CT molecular complexity index is 708. The number of ether oxygens (including phenoxy) is 1. The van der Waals surface area contributed by atoms with Gasteiger partial charge in [-0.2, -0.15) is 0 Å². The summed E-state index contributed by atoms with van der Waals surface area (Å²) in [5.41, 5.74) is 2.54. The molecule has 1 aliphatic rings. The van der Waals surface area contributed by atoms with Crippen molar-refractivity contribution in [1.29, 1.82) is 0 Å². The molecule has 0 saturated heterocycles. The summed E-state index contributed by atoms with van der Waals surface area (Å²) < 4.78 is 5.23. The molecule has 1 aromatic heterocycles. The number of nitrogens with zero attached hydrogens (tertiary/aromatic N) is 1. The van der Waals surface area contributed by atoms with E-state index in [9.17, 15) is 9.59 Å². The zero-order chi connectivity index (χ0) is 16.2. The molecule has 0 atom stereocenters. The van der Waals surface area contributed by atoms with Crippen molar-refractivity contribution in [3.8, 4) is 0 Å². The Labute approximate surface area is 139 Å². The van der Waals surface area contributed by atoms with Gasteiger partial charge < -0.3 is 9.64 Å². The van der Waals surface area contributed by atoms with Crippen LogP contribution >= 0.6 is 11.3 Å². The minimum atomic E-state index is -0.390. The van der Waals surface area contributed by atoms with Gasteiger partial charge in [-0.25, -0.2) is 4.79 Å². The fourth-order valence-electron chi connectivity index (χ4n) is 2.76. The summed E-state index contributed by atoms with van der Waals surface area (Å²) >= 11 is 1.62. The molecule has 3 rings (SSSR count). The number of benzene rings is 1. The van der Waals surface area contributed by atoms with Gasteiger partial charge in [0.1, 0.15) is 0 Å². The average Bonchev–Trinajstić information content (AvgIpc) is 3.03. The standard InChI is InChI=1S/C18H19NO3S/c1-19(13-7-3-2-4-8-13)17(20)11-22-18(21)15-12-23-16-10-6-5-9-14(15)16/h2-4,7-8,12H,5-6,9-11H2,1H3. The first-order valence-corrected chi connectivity index (χ1v) is 8.62. The number of hydrogen-bond donors (Lipinski definition) is 0. The van der Waals surface area contributed by atoms with Crippen LogP contribution in [0.3, 0.4) is 0 Å². The molecular formula is C18H19NO3S. The normalized spacial score (nSPS) is 13.3. The fraction of sp³-hybridized carbons (Fsp3) is 0.333. The number of aryl methyl sites for hydroxylation is 1. The van der Waals surface area contributed by atoms with Crippen LogP contribution in [-0.2, 0) is 22.4 Å². The molecule has 1 aromatic carbocycles. The molecule has 5 heteroatoms. The first-order chi connectivity index (χ1) is 11.2. The van der Waals surface area contributed by atoms with E-state index in [1.165, 1.54) is 16.2 Å². The number of carbonyl (C=O) groups excluding carboxylic acids is 2. The minimum absolute atomic E-state index is 0.241. The second kappa shape index (κ2) is 6.96. The van der Waals surface area contributed by atoms with Gasteiger partial charge in [0.15, 0.2) is 6.61 Å². The second-order valence-corrected chi connectivity index (χ2v) is 6.59. The van der Waals surface area contributed by atoms with Crippen LogP contribution < -0.4 is 4.90 Å². The number of thiophene rings is 1. The maximum absolute atomic E-state index is 12.3. The Kier molecular flexibility index (Phi) is 4.76. The number of fused-ring (bicyclic) bond motifs is 1. The molecule has 1 heterocycles. The van der Waals surface area contributed by atoms with Crippen LogP contribution in [0.2, 0.25) is 0 Å². The van der Waals surface area contributed by atoms with Crippen molar-refractivity contribution >= 4 is 28.9 Å². The summed E-state index contributed by atoms with van der Waals surface area (Å²) in [6, 6.07) is 9.30. The van der Waals surface area contributed by atoms with Crippen LogP contribution in [0.4, 0.5) is 5.69 Å². The van der Waals surface area contributed by atoms with Crippen LogP contribution in [-0.4, -0.2) is 25.5 Å². The van der Waals surface area contributed by atoms with Crippen molar-refractivity contribution < 1.29 is 14.3 Å². The number of likely N-dealkylation sites (N-methyl/N-ethyl adjacent to an activating group) is 1. The molecule has 0 radical (unpaired) electrons. The molecule has 0 unspecified atom stereocenters. The van der Waals surface area contributed by atoms with E-state index in [-0.39, 0.29) is 18.5 Å². The lowest BCUT2D eigenvalue weighted by Crippen LogP contribution is -2.31. The van der Waals surface area contributed by atoms with E-state index >= 15 is 0 Å². The van der Waals surface area contributed by atoms with Crippen LogP contribution in [0, 0.1) is 0 Å². The van der Waals surface area contributed by atoms with Crippen molar-refractivity contribution in [2.45, 2.75) is 25.7 Å². The molecule has 0 fully saturated rings. The lowest BCUT2D eigenvalue weighted by Gasteiger charge is -2.17. The number of anilines is 1. The van der Waals surface area contributed by atoms with Gasteiger partial charge in [-0.15, -0.1) is 11.3 Å². The fourth-order valence-corrected chi connectivity index (χ4v) is 3.88. The highest BCUT2D eigenvalue weighted by atomic mass is 32.1. The molecule has 4 nitrogen and oxygen atoms in total. The van der Waals surface area contributed by atoms with E-state index in [4.69, 9.17) is 4.74 Å². The van der Waals surface area contributed by atoms with E-state index in [1.807, 2.05) is 35.7 Å². The Balaban J connectivity index is 1.61. The molecule has 0 aliphatic heterocycles. The molecular weight excluding hydrogens is 310 g/mol. The lowest BCUT2D eigenvalue weighted by molar-refractivity contribution is -0.121. The third-order valence-corrected chi connectivity index (χ3v) is 5.21. The third kappa shape index (κ3) is 3.45. The second-order valence-electron chi connectivity index (χ2n) is 5.62. The van der Waals surface area contributed by atoms with Crippen molar-refractivity contribution in [3.05, 3.63) is 51.7 Å². The quantitative estimate of drug-likeness (QED) is 0.807.